The number of hydrogen-bond acceptors (Lipinski definition) is 3. The maximum absolute atomic E-state index is 5.43. The molecule has 0 bridgehead atoms. The maximum Gasteiger partial charge on any atom is 0.120 e. The van der Waals surface area contributed by atoms with Gasteiger partial charge in [0.1, 0.15) is 5.84 Å². The number of nitrogens with zero attached hydrogens (tertiary/aromatic N) is 2. The Morgan fingerprint density at radius 3 is 2.27 bits per heavy atom. The van der Waals surface area contributed by atoms with Gasteiger partial charge in [-0.1, -0.05) is 13.8 Å². The van der Waals surface area contributed by atoms with Gasteiger partial charge < -0.3 is 16.5 Å². The summed E-state index contributed by atoms with van der Waals surface area (Å²) in [7, 11) is 0. The van der Waals surface area contributed by atoms with E-state index in [0.717, 1.165) is 26.1 Å². The Morgan fingerprint density at radius 2 is 1.91 bits per heavy atom. The van der Waals surface area contributed by atoms with Crippen LogP contribution in [0.25, 0.3) is 0 Å². The minimum atomic E-state index is 0.525. The first-order chi connectivity index (χ1) is 5.24. The fraction of sp³-hybridized carbons (Fsp3) is 0.857. The third kappa shape index (κ3) is 4.61. The Bertz CT molecular complexity index is 118. The lowest BCUT2D eigenvalue weighted by atomic mass is 10.3. The zero-order valence-electron chi connectivity index (χ0n) is 7.38. The van der Waals surface area contributed by atoms with Crippen molar-refractivity contribution in [3.63, 3.8) is 0 Å². The van der Waals surface area contributed by atoms with Gasteiger partial charge in [-0.15, -0.1) is 0 Å². The van der Waals surface area contributed by atoms with E-state index in [1.165, 1.54) is 0 Å². The molecule has 0 aliphatic carbocycles. The normalized spacial score (nSPS) is 12.5. The highest BCUT2D eigenvalue weighted by Gasteiger charge is 1.99. The molecule has 4 nitrogen and oxygen atoms in total. The van der Waals surface area contributed by atoms with Crippen LogP contribution in [-0.4, -0.2) is 30.4 Å². The van der Waals surface area contributed by atoms with E-state index in [1.807, 2.05) is 0 Å². The lowest BCUT2D eigenvalue weighted by Crippen LogP contribution is -2.28. The van der Waals surface area contributed by atoms with Crippen LogP contribution in [-0.2, 0) is 0 Å². The molecular formula is C7H18N4. The maximum atomic E-state index is 5.43. The second kappa shape index (κ2) is 5.97. The predicted octanol–water partition coefficient (Wildman–Crippen LogP) is -0.0508. The van der Waals surface area contributed by atoms with Gasteiger partial charge in [-0.3, -0.25) is 0 Å². The number of amidine groups is 1. The van der Waals surface area contributed by atoms with Gasteiger partial charge in [-0.05, 0) is 13.1 Å². The Balaban J connectivity index is 3.50. The summed E-state index contributed by atoms with van der Waals surface area (Å²) >= 11 is 0. The average Bonchev–Trinajstić information content (AvgIpc) is 2.06. The largest absolute Gasteiger partial charge is 0.386 e. The predicted molar refractivity (Wildman–Crippen MR) is 48.2 cm³/mol. The highest BCUT2D eigenvalue weighted by atomic mass is 15.2. The molecule has 0 aromatic carbocycles. The first-order valence-electron chi connectivity index (χ1n) is 3.99. The van der Waals surface area contributed by atoms with Gasteiger partial charge in [-0.25, -0.2) is 0 Å². The molecule has 0 amide bonds. The third-order valence-corrected chi connectivity index (χ3v) is 1.74. The van der Waals surface area contributed by atoms with Crippen molar-refractivity contribution in [2.24, 2.45) is 16.7 Å². The lowest BCUT2D eigenvalue weighted by Gasteiger charge is -2.16. The van der Waals surface area contributed by atoms with Crippen molar-refractivity contribution >= 4 is 5.84 Å². The van der Waals surface area contributed by atoms with Crippen molar-refractivity contribution in [2.75, 3.05) is 19.6 Å². The van der Waals surface area contributed by atoms with Crippen LogP contribution in [0.1, 0.15) is 20.3 Å². The van der Waals surface area contributed by atoms with E-state index >= 15 is 0 Å². The smallest absolute Gasteiger partial charge is 0.120 e. The van der Waals surface area contributed by atoms with Gasteiger partial charge in [0.2, 0.25) is 0 Å². The summed E-state index contributed by atoms with van der Waals surface area (Å²) in [6.07, 6.45) is 0.762. The highest BCUT2D eigenvalue weighted by Crippen LogP contribution is 1.89. The Morgan fingerprint density at radius 1 is 1.36 bits per heavy atom. The Labute approximate surface area is 68.2 Å². The molecule has 0 atom stereocenters. The van der Waals surface area contributed by atoms with E-state index in [1.54, 1.807) is 0 Å². The molecule has 0 rings (SSSR count). The molecule has 4 N–H and O–H groups in total. The molecule has 66 valence electrons. The van der Waals surface area contributed by atoms with Gasteiger partial charge >= 0.3 is 0 Å². The first-order valence-corrected chi connectivity index (χ1v) is 3.99. The van der Waals surface area contributed by atoms with E-state index in [-0.39, 0.29) is 0 Å². The minimum absolute atomic E-state index is 0.525. The molecule has 0 fully saturated rings. The van der Waals surface area contributed by atoms with Gasteiger partial charge in [0, 0.05) is 13.0 Å². The molecule has 4 heteroatoms. The molecular weight excluding hydrogens is 140 g/mol. The molecule has 0 saturated carbocycles. The van der Waals surface area contributed by atoms with Crippen LogP contribution in [0.5, 0.6) is 0 Å². The van der Waals surface area contributed by atoms with Gasteiger partial charge in [0.25, 0.3) is 0 Å². The molecule has 0 aliphatic heterocycles. The van der Waals surface area contributed by atoms with Crippen LogP contribution >= 0.6 is 0 Å². The second-order valence-electron chi connectivity index (χ2n) is 2.40. The van der Waals surface area contributed by atoms with E-state index in [2.05, 4.69) is 23.8 Å². The summed E-state index contributed by atoms with van der Waals surface area (Å²) < 4.78 is 0. The van der Waals surface area contributed by atoms with E-state index in [4.69, 9.17) is 11.6 Å². The van der Waals surface area contributed by atoms with Crippen molar-refractivity contribution in [3.05, 3.63) is 0 Å². The average molecular weight is 158 g/mol. The topological polar surface area (TPSA) is 67.6 Å². The molecule has 0 saturated heterocycles. The van der Waals surface area contributed by atoms with Crippen molar-refractivity contribution in [3.8, 4) is 0 Å². The first kappa shape index (κ1) is 10.2. The fourth-order valence-corrected chi connectivity index (χ4v) is 0.877. The zero-order valence-corrected chi connectivity index (χ0v) is 7.38. The SMILES string of the molecule is CCN(CC)CC/C(N)=N/N. The van der Waals surface area contributed by atoms with Crippen LogP contribution in [0.15, 0.2) is 5.10 Å². The molecule has 0 unspecified atom stereocenters. The number of hydrogen-bond donors (Lipinski definition) is 2. The number of rotatable bonds is 5. The molecule has 0 aliphatic rings. The van der Waals surface area contributed by atoms with Crippen LogP contribution < -0.4 is 11.6 Å². The van der Waals surface area contributed by atoms with Crippen molar-refractivity contribution < 1.29 is 0 Å². The van der Waals surface area contributed by atoms with Gasteiger partial charge in [0.15, 0.2) is 0 Å². The standard InChI is InChI=1S/C7H18N4/c1-3-11(4-2)6-5-7(8)10-9/h3-6,9H2,1-2H3,(H2,8,10). The second-order valence-corrected chi connectivity index (χ2v) is 2.40. The van der Waals surface area contributed by atoms with E-state index in [9.17, 15) is 0 Å². The van der Waals surface area contributed by atoms with Crippen molar-refractivity contribution in [2.45, 2.75) is 20.3 Å². The fourth-order valence-electron chi connectivity index (χ4n) is 0.877. The van der Waals surface area contributed by atoms with Crippen molar-refractivity contribution in [1.82, 2.24) is 4.90 Å². The minimum Gasteiger partial charge on any atom is -0.386 e. The molecule has 0 spiro atoms. The Hall–Kier alpha value is -0.770. The summed E-state index contributed by atoms with van der Waals surface area (Å²) in [6, 6.07) is 0. The van der Waals surface area contributed by atoms with E-state index in [0.29, 0.717) is 5.84 Å². The Kier molecular flexibility index (Phi) is 5.56. The van der Waals surface area contributed by atoms with Crippen molar-refractivity contribution in [1.29, 1.82) is 0 Å². The quantitative estimate of drug-likeness (QED) is 0.255. The highest BCUT2D eigenvalue weighted by molar-refractivity contribution is 5.80. The molecule has 0 radical (unpaired) electrons. The van der Waals surface area contributed by atoms with Crippen LogP contribution in [0.3, 0.4) is 0 Å². The zero-order chi connectivity index (χ0) is 8.69. The van der Waals surface area contributed by atoms with Crippen LogP contribution in [0.2, 0.25) is 0 Å². The summed E-state index contributed by atoms with van der Waals surface area (Å²) in [6.45, 7) is 7.29. The summed E-state index contributed by atoms with van der Waals surface area (Å²) in [5.41, 5.74) is 5.43. The van der Waals surface area contributed by atoms with Gasteiger partial charge in [-0.2, -0.15) is 5.10 Å². The third-order valence-electron chi connectivity index (χ3n) is 1.74. The van der Waals surface area contributed by atoms with Gasteiger partial charge in [0.05, 0.1) is 0 Å². The number of hydrazone groups is 1. The molecule has 0 heterocycles. The molecule has 11 heavy (non-hydrogen) atoms. The van der Waals surface area contributed by atoms with Crippen LogP contribution in [0, 0.1) is 0 Å². The van der Waals surface area contributed by atoms with Crippen LogP contribution in [0.4, 0.5) is 0 Å². The van der Waals surface area contributed by atoms with E-state index < -0.39 is 0 Å². The molecule has 0 aromatic rings. The lowest BCUT2D eigenvalue weighted by molar-refractivity contribution is 0.313. The summed E-state index contributed by atoms with van der Waals surface area (Å²) in [5, 5.41) is 3.40. The number of nitrogens with two attached hydrogens (primary N) is 2. The molecule has 0 aromatic heterocycles. The monoisotopic (exact) mass is 158 g/mol. The summed E-state index contributed by atoms with van der Waals surface area (Å²) in [4.78, 5) is 2.28. The summed E-state index contributed by atoms with van der Waals surface area (Å²) in [5.74, 6) is 5.51.